The number of carbonyl (C=O) groups excluding carboxylic acids is 1. The Morgan fingerprint density at radius 1 is 0.946 bits per heavy atom. The second-order valence-corrected chi connectivity index (χ2v) is 9.41. The fourth-order valence-electron chi connectivity index (χ4n) is 5.19. The predicted octanol–water partition coefficient (Wildman–Crippen LogP) is 5.33. The molecule has 0 aliphatic heterocycles. The summed E-state index contributed by atoms with van der Waals surface area (Å²) in [5.41, 5.74) is 8.81. The van der Waals surface area contributed by atoms with Crippen LogP contribution >= 0.6 is 0 Å². The van der Waals surface area contributed by atoms with Crippen LogP contribution in [0.4, 0.5) is 4.79 Å². The van der Waals surface area contributed by atoms with E-state index in [0.717, 1.165) is 50.5 Å². The number of carboxylic acids is 1. The summed E-state index contributed by atoms with van der Waals surface area (Å²) in [6.45, 7) is 5.89. The zero-order valence-electron chi connectivity index (χ0n) is 21.1. The topological polar surface area (TPSA) is 93.5 Å². The summed E-state index contributed by atoms with van der Waals surface area (Å²) in [5, 5.41) is 17.1. The molecule has 7 nitrogen and oxygen atoms in total. The van der Waals surface area contributed by atoms with E-state index in [9.17, 15) is 14.7 Å². The number of amides is 1. The van der Waals surface area contributed by atoms with Crippen LogP contribution in [0.3, 0.4) is 0 Å². The van der Waals surface area contributed by atoms with E-state index in [0.29, 0.717) is 0 Å². The molecule has 2 N–H and O–H groups in total. The molecule has 1 heterocycles. The van der Waals surface area contributed by atoms with Crippen molar-refractivity contribution in [3.8, 4) is 16.8 Å². The van der Waals surface area contributed by atoms with E-state index in [4.69, 9.17) is 4.74 Å². The molecule has 5 rings (SSSR count). The minimum Gasteiger partial charge on any atom is -0.480 e. The van der Waals surface area contributed by atoms with E-state index < -0.39 is 18.1 Å². The van der Waals surface area contributed by atoms with Crippen molar-refractivity contribution in [3.05, 3.63) is 106 Å². The van der Waals surface area contributed by atoms with Gasteiger partial charge >= 0.3 is 12.1 Å². The minimum absolute atomic E-state index is 0.0988. The zero-order valence-corrected chi connectivity index (χ0v) is 21.1. The molecule has 7 heteroatoms. The first-order valence-electron chi connectivity index (χ1n) is 12.3. The van der Waals surface area contributed by atoms with Gasteiger partial charge in [-0.1, -0.05) is 66.7 Å². The number of carboxylic acid groups (broad SMARTS) is 1. The summed E-state index contributed by atoms with van der Waals surface area (Å²) < 4.78 is 7.40. The molecule has 0 fully saturated rings. The Labute approximate surface area is 215 Å². The molecule has 188 valence electrons. The molecule has 1 unspecified atom stereocenters. The number of hydrogen-bond acceptors (Lipinski definition) is 4. The van der Waals surface area contributed by atoms with Crippen LogP contribution in [0, 0.1) is 20.8 Å². The fourth-order valence-corrected chi connectivity index (χ4v) is 5.19. The molecular weight excluding hydrogens is 466 g/mol. The average molecular weight is 496 g/mol. The summed E-state index contributed by atoms with van der Waals surface area (Å²) in [5.74, 6) is -1.23. The molecule has 1 atom stereocenters. The van der Waals surface area contributed by atoms with E-state index >= 15 is 0 Å². The quantitative estimate of drug-likeness (QED) is 0.361. The maximum absolute atomic E-state index is 12.8. The highest BCUT2D eigenvalue weighted by molar-refractivity contribution is 5.81. The highest BCUT2D eigenvalue weighted by atomic mass is 16.5. The van der Waals surface area contributed by atoms with Crippen LogP contribution in [0.5, 0.6) is 0 Å². The van der Waals surface area contributed by atoms with Crippen molar-refractivity contribution in [2.45, 2.75) is 39.2 Å². The van der Waals surface area contributed by atoms with Crippen LogP contribution in [0.25, 0.3) is 16.8 Å². The van der Waals surface area contributed by atoms with Crippen LogP contribution < -0.4 is 5.32 Å². The number of alkyl carbamates (subject to hydrolysis) is 1. The van der Waals surface area contributed by atoms with E-state index in [1.807, 2.05) is 86.1 Å². The summed E-state index contributed by atoms with van der Waals surface area (Å²) in [7, 11) is 0. The van der Waals surface area contributed by atoms with Crippen molar-refractivity contribution in [2.75, 3.05) is 6.61 Å². The predicted molar refractivity (Wildman–Crippen MR) is 141 cm³/mol. The minimum atomic E-state index is -1.15. The number of para-hydroxylation sites is 1. The summed E-state index contributed by atoms with van der Waals surface area (Å²) in [6, 6.07) is 22.9. The van der Waals surface area contributed by atoms with Crippen LogP contribution in [0.15, 0.2) is 72.8 Å². The van der Waals surface area contributed by atoms with Gasteiger partial charge in [-0.25, -0.2) is 14.3 Å². The van der Waals surface area contributed by atoms with Crippen LogP contribution in [0.2, 0.25) is 0 Å². The Kier molecular flexibility index (Phi) is 6.53. The Bertz CT molecular complexity index is 1440. The van der Waals surface area contributed by atoms with Gasteiger partial charge in [-0.05, 0) is 60.2 Å². The molecule has 0 spiro atoms. The van der Waals surface area contributed by atoms with Gasteiger partial charge in [-0.3, -0.25) is 0 Å². The van der Waals surface area contributed by atoms with Crippen LogP contribution in [-0.2, 0) is 16.0 Å². The first kappa shape index (κ1) is 24.3. The number of aliphatic carboxylic acids is 1. The third-order valence-electron chi connectivity index (χ3n) is 7.13. The van der Waals surface area contributed by atoms with Crippen molar-refractivity contribution >= 4 is 12.1 Å². The maximum atomic E-state index is 12.8. The Morgan fingerprint density at radius 2 is 1.54 bits per heavy atom. The van der Waals surface area contributed by atoms with Crippen molar-refractivity contribution < 1.29 is 19.4 Å². The Morgan fingerprint density at radius 3 is 2.16 bits per heavy atom. The van der Waals surface area contributed by atoms with Gasteiger partial charge in [-0.2, -0.15) is 5.10 Å². The highest BCUT2D eigenvalue weighted by Gasteiger charge is 2.30. The first-order chi connectivity index (χ1) is 17.8. The highest BCUT2D eigenvalue weighted by Crippen LogP contribution is 2.44. The van der Waals surface area contributed by atoms with Gasteiger partial charge in [0.15, 0.2) is 0 Å². The number of carbonyl (C=O) groups is 2. The van der Waals surface area contributed by atoms with Crippen molar-refractivity contribution in [1.82, 2.24) is 15.1 Å². The van der Waals surface area contributed by atoms with Crippen molar-refractivity contribution in [3.63, 3.8) is 0 Å². The second kappa shape index (κ2) is 9.93. The van der Waals surface area contributed by atoms with Crippen LogP contribution in [0.1, 0.15) is 39.6 Å². The van der Waals surface area contributed by atoms with Gasteiger partial charge in [0.1, 0.15) is 12.6 Å². The first-order valence-corrected chi connectivity index (χ1v) is 12.3. The van der Waals surface area contributed by atoms with E-state index in [1.54, 1.807) is 0 Å². The molecule has 4 aromatic rings. The third-order valence-corrected chi connectivity index (χ3v) is 7.13. The van der Waals surface area contributed by atoms with Gasteiger partial charge in [0.05, 0.1) is 11.4 Å². The number of hydrogen-bond donors (Lipinski definition) is 2. The number of ether oxygens (including phenoxy) is 1. The number of aromatic nitrogens is 2. The molecule has 3 aromatic carbocycles. The molecule has 0 saturated heterocycles. The average Bonchev–Trinajstić information content (AvgIpc) is 3.36. The van der Waals surface area contributed by atoms with Gasteiger partial charge in [0.2, 0.25) is 0 Å². The number of nitrogens with zero attached hydrogens (tertiary/aromatic N) is 2. The normalized spacial score (nSPS) is 13.1. The number of nitrogens with one attached hydrogen (secondary N) is 1. The number of aryl methyl sites for hydroxylation is 2. The van der Waals surface area contributed by atoms with E-state index in [-0.39, 0.29) is 18.9 Å². The zero-order chi connectivity index (χ0) is 26.1. The monoisotopic (exact) mass is 495 g/mol. The van der Waals surface area contributed by atoms with Crippen molar-refractivity contribution in [2.24, 2.45) is 0 Å². The fraction of sp³-hybridized carbons (Fsp3) is 0.233. The molecular formula is C30H29N3O4. The lowest BCUT2D eigenvalue weighted by Crippen LogP contribution is -2.43. The lowest BCUT2D eigenvalue weighted by atomic mass is 9.98. The summed E-state index contributed by atoms with van der Waals surface area (Å²) in [4.78, 5) is 24.8. The maximum Gasteiger partial charge on any atom is 0.407 e. The molecule has 1 amide bonds. The number of rotatable bonds is 7. The Hall–Kier alpha value is -4.39. The summed E-state index contributed by atoms with van der Waals surface area (Å²) >= 11 is 0. The van der Waals surface area contributed by atoms with Crippen molar-refractivity contribution in [1.29, 1.82) is 0 Å². The molecule has 37 heavy (non-hydrogen) atoms. The number of fused-ring (bicyclic) bond motifs is 3. The molecule has 0 radical (unpaired) electrons. The SMILES string of the molecule is Cc1ccccc1-n1nc(C)c(CC(NC(=O)OCC2c3ccccc3-c3ccccc32)C(=O)O)c1C. The van der Waals surface area contributed by atoms with Gasteiger partial charge < -0.3 is 15.2 Å². The lowest BCUT2D eigenvalue weighted by Gasteiger charge is -2.18. The van der Waals surface area contributed by atoms with E-state index in [1.165, 1.54) is 0 Å². The van der Waals surface area contributed by atoms with E-state index in [2.05, 4.69) is 22.5 Å². The molecule has 1 aliphatic carbocycles. The van der Waals surface area contributed by atoms with Crippen LogP contribution in [-0.4, -0.2) is 39.6 Å². The standard InChI is InChI=1S/C30H29N3O4/c1-18-10-4-9-15-28(18)33-20(3)25(19(2)32-33)16-27(29(34)35)31-30(36)37-17-26-23-13-7-5-11-21(23)22-12-6-8-14-24(22)26/h4-15,26-27H,16-17H2,1-3H3,(H,31,36)(H,34,35). The second-order valence-electron chi connectivity index (χ2n) is 9.41. The number of benzene rings is 3. The largest absolute Gasteiger partial charge is 0.480 e. The van der Waals surface area contributed by atoms with Gasteiger partial charge in [0.25, 0.3) is 0 Å². The third kappa shape index (κ3) is 4.60. The Balaban J connectivity index is 1.30. The summed E-state index contributed by atoms with van der Waals surface area (Å²) in [6.07, 6.45) is -0.654. The van der Waals surface area contributed by atoms with Gasteiger partial charge in [-0.15, -0.1) is 0 Å². The molecule has 1 aliphatic rings. The molecule has 0 saturated carbocycles. The van der Waals surface area contributed by atoms with Gasteiger partial charge in [0, 0.05) is 18.0 Å². The smallest absolute Gasteiger partial charge is 0.407 e. The molecule has 0 bridgehead atoms. The lowest BCUT2D eigenvalue weighted by molar-refractivity contribution is -0.139. The molecule has 1 aromatic heterocycles.